The van der Waals surface area contributed by atoms with Gasteiger partial charge < -0.3 is 29.9 Å². The molecule has 0 aromatic heterocycles. The van der Waals surface area contributed by atoms with Gasteiger partial charge in [0.25, 0.3) is 0 Å². The molecule has 6 heteroatoms. The molecule has 0 bridgehead atoms. The van der Waals surface area contributed by atoms with Gasteiger partial charge in [-0.2, -0.15) is 0 Å². The highest BCUT2D eigenvalue weighted by Crippen LogP contribution is 2.25. The molecule has 1 aliphatic rings. The molecule has 96 valence electrons. The van der Waals surface area contributed by atoms with Crippen molar-refractivity contribution >= 4 is 0 Å². The van der Waals surface area contributed by atoms with E-state index in [1.807, 2.05) is 0 Å². The van der Waals surface area contributed by atoms with Crippen LogP contribution in [0.1, 0.15) is 20.8 Å². The van der Waals surface area contributed by atoms with Gasteiger partial charge in [0.05, 0.1) is 12.2 Å². The van der Waals surface area contributed by atoms with E-state index < -0.39 is 42.9 Å². The number of hydrogen-bond acceptors (Lipinski definition) is 6. The largest absolute Gasteiger partial charge is 0.394 e. The molecule has 1 saturated heterocycles. The van der Waals surface area contributed by atoms with E-state index in [0.29, 0.717) is 0 Å². The van der Waals surface area contributed by atoms with Crippen LogP contribution in [0.25, 0.3) is 0 Å². The third-order valence-corrected chi connectivity index (χ3v) is 2.33. The van der Waals surface area contributed by atoms with Gasteiger partial charge in [0.1, 0.15) is 24.4 Å². The molecule has 2 unspecified atom stereocenters. The van der Waals surface area contributed by atoms with Crippen molar-refractivity contribution in [2.24, 2.45) is 0 Å². The zero-order valence-corrected chi connectivity index (χ0v) is 9.70. The number of rotatable bonds is 2. The zero-order valence-electron chi connectivity index (χ0n) is 9.70. The molecule has 1 aliphatic heterocycles. The van der Waals surface area contributed by atoms with Crippen LogP contribution >= 0.6 is 0 Å². The average Bonchev–Trinajstić information content (AvgIpc) is 2.17. The molecule has 0 saturated carbocycles. The van der Waals surface area contributed by atoms with Gasteiger partial charge in [-0.15, -0.1) is 0 Å². The van der Waals surface area contributed by atoms with E-state index in [1.165, 1.54) is 0 Å². The van der Waals surface area contributed by atoms with Crippen molar-refractivity contribution in [1.29, 1.82) is 0 Å². The second kappa shape index (κ2) is 4.95. The van der Waals surface area contributed by atoms with Gasteiger partial charge in [-0.3, -0.25) is 0 Å². The van der Waals surface area contributed by atoms with E-state index in [4.69, 9.17) is 14.6 Å². The van der Waals surface area contributed by atoms with Crippen LogP contribution in [0.3, 0.4) is 0 Å². The first-order valence-corrected chi connectivity index (χ1v) is 5.24. The van der Waals surface area contributed by atoms with Gasteiger partial charge in [-0.1, -0.05) is 0 Å². The monoisotopic (exact) mass is 236 g/mol. The highest BCUT2D eigenvalue weighted by molar-refractivity contribution is 4.90. The summed E-state index contributed by atoms with van der Waals surface area (Å²) in [5, 5.41) is 37.5. The summed E-state index contributed by atoms with van der Waals surface area (Å²) in [6, 6.07) is 0. The Bertz CT molecular complexity index is 224. The second-order valence-corrected chi connectivity index (χ2v) is 4.92. The molecule has 16 heavy (non-hydrogen) atoms. The lowest BCUT2D eigenvalue weighted by atomic mass is 9.98. The van der Waals surface area contributed by atoms with Crippen molar-refractivity contribution in [2.45, 2.75) is 57.1 Å². The summed E-state index contributed by atoms with van der Waals surface area (Å²) in [5.41, 5.74) is -0.551. The molecule has 5 atom stereocenters. The maximum absolute atomic E-state index is 9.75. The number of hydrogen-bond donors (Lipinski definition) is 4. The highest BCUT2D eigenvalue weighted by Gasteiger charge is 2.45. The zero-order chi connectivity index (χ0) is 12.5. The Kier molecular flexibility index (Phi) is 4.28. The van der Waals surface area contributed by atoms with Crippen LogP contribution in [-0.2, 0) is 9.47 Å². The minimum Gasteiger partial charge on any atom is -0.394 e. The van der Waals surface area contributed by atoms with E-state index >= 15 is 0 Å². The van der Waals surface area contributed by atoms with E-state index in [0.717, 1.165) is 0 Å². The fourth-order valence-corrected chi connectivity index (χ4v) is 1.62. The molecular weight excluding hydrogens is 216 g/mol. The van der Waals surface area contributed by atoms with Crippen LogP contribution < -0.4 is 0 Å². The topological polar surface area (TPSA) is 99.4 Å². The fourth-order valence-electron chi connectivity index (χ4n) is 1.62. The maximum Gasteiger partial charge on any atom is 0.184 e. The quantitative estimate of drug-likeness (QED) is 0.471. The summed E-state index contributed by atoms with van der Waals surface area (Å²) in [6.07, 6.45) is -5.96. The van der Waals surface area contributed by atoms with Gasteiger partial charge in [0.2, 0.25) is 0 Å². The molecule has 1 fully saturated rings. The Labute approximate surface area is 94.4 Å². The minimum atomic E-state index is -1.51. The van der Waals surface area contributed by atoms with Gasteiger partial charge >= 0.3 is 0 Å². The third-order valence-electron chi connectivity index (χ3n) is 2.33. The first kappa shape index (κ1) is 13.8. The first-order chi connectivity index (χ1) is 7.26. The van der Waals surface area contributed by atoms with Gasteiger partial charge in [0.15, 0.2) is 6.29 Å². The second-order valence-electron chi connectivity index (χ2n) is 4.92. The Morgan fingerprint density at radius 2 is 1.69 bits per heavy atom. The van der Waals surface area contributed by atoms with Crippen molar-refractivity contribution < 1.29 is 29.9 Å². The lowest BCUT2D eigenvalue weighted by Crippen LogP contribution is -2.60. The van der Waals surface area contributed by atoms with Gasteiger partial charge in [0, 0.05) is 0 Å². The summed E-state index contributed by atoms with van der Waals surface area (Å²) < 4.78 is 10.5. The minimum absolute atomic E-state index is 0.401. The van der Waals surface area contributed by atoms with Gasteiger partial charge in [-0.05, 0) is 20.8 Å². The van der Waals surface area contributed by atoms with Crippen LogP contribution in [-0.4, -0.2) is 63.3 Å². The SMILES string of the molecule is CC(C)(C)O[C@@H]1C(CO)O[C@H](O)C(O)[C@@H]1O. The molecule has 0 radical (unpaired) electrons. The first-order valence-electron chi connectivity index (χ1n) is 5.24. The smallest absolute Gasteiger partial charge is 0.184 e. The molecular formula is C10H20O6. The summed E-state index contributed by atoms with van der Waals surface area (Å²) in [6.45, 7) is 4.95. The summed E-state index contributed by atoms with van der Waals surface area (Å²) in [7, 11) is 0. The van der Waals surface area contributed by atoms with Crippen LogP contribution in [0, 0.1) is 0 Å². The molecule has 0 amide bonds. The number of aliphatic hydroxyl groups excluding tert-OH is 4. The van der Waals surface area contributed by atoms with Crippen molar-refractivity contribution in [3.63, 3.8) is 0 Å². The van der Waals surface area contributed by atoms with E-state index in [9.17, 15) is 15.3 Å². The number of ether oxygens (including phenoxy) is 2. The maximum atomic E-state index is 9.75. The molecule has 4 N–H and O–H groups in total. The predicted octanol–water partition coefficient (Wildman–Crippen LogP) is -1.40. The molecule has 1 rings (SSSR count). The molecule has 0 aromatic rings. The van der Waals surface area contributed by atoms with E-state index in [1.54, 1.807) is 20.8 Å². The summed E-state index contributed by atoms with van der Waals surface area (Å²) in [5.74, 6) is 0. The molecule has 0 aromatic carbocycles. The van der Waals surface area contributed by atoms with Crippen molar-refractivity contribution in [3.8, 4) is 0 Å². The Morgan fingerprint density at radius 1 is 1.12 bits per heavy atom. The normalized spacial score (nSPS) is 41.1. The lowest BCUT2D eigenvalue weighted by Gasteiger charge is -2.42. The molecule has 0 aliphatic carbocycles. The molecule has 6 nitrogen and oxygen atoms in total. The highest BCUT2D eigenvalue weighted by atomic mass is 16.7. The average molecular weight is 236 g/mol. The predicted molar refractivity (Wildman–Crippen MR) is 54.6 cm³/mol. The summed E-state index contributed by atoms with van der Waals surface area (Å²) >= 11 is 0. The van der Waals surface area contributed by atoms with E-state index in [-0.39, 0.29) is 0 Å². The van der Waals surface area contributed by atoms with Crippen LogP contribution in [0.2, 0.25) is 0 Å². The van der Waals surface area contributed by atoms with Crippen molar-refractivity contribution in [3.05, 3.63) is 0 Å². The Balaban J connectivity index is 2.77. The standard InChI is InChI=1S/C10H20O6/c1-10(2,3)16-8-5(4-11)15-9(14)7(13)6(8)12/h5-9,11-14H,4H2,1-3H3/t5?,6-,7?,8+,9-/m0/s1. The van der Waals surface area contributed by atoms with Crippen molar-refractivity contribution in [1.82, 2.24) is 0 Å². The van der Waals surface area contributed by atoms with Crippen LogP contribution in [0.5, 0.6) is 0 Å². The van der Waals surface area contributed by atoms with Crippen LogP contribution in [0.4, 0.5) is 0 Å². The number of aliphatic hydroxyl groups is 4. The van der Waals surface area contributed by atoms with Crippen molar-refractivity contribution in [2.75, 3.05) is 6.61 Å². The molecule has 1 heterocycles. The Morgan fingerprint density at radius 3 is 2.12 bits per heavy atom. The van der Waals surface area contributed by atoms with E-state index in [2.05, 4.69) is 0 Å². The summed E-state index contributed by atoms with van der Waals surface area (Å²) in [4.78, 5) is 0. The Hall–Kier alpha value is -0.240. The van der Waals surface area contributed by atoms with Gasteiger partial charge in [-0.25, -0.2) is 0 Å². The molecule has 0 spiro atoms. The van der Waals surface area contributed by atoms with Crippen LogP contribution in [0.15, 0.2) is 0 Å². The fraction of sp³-hybridized carbons (Fsp3) is 1.00. The lowest BCUT2D eigenvalue weighted by molar-refractivity contribution is -0.305. The third kappa shape index (κ3) is 3.13.